The van der Waals surface area contributed by atoms with Gasteiger partial charge in [-0.2, -0.15) is 0 Å². The molecule has 0 saturated heterocycles. The molecule has 0 aromatic heterocycles. The molecule has 1 aliphatic heterocycles. The number of hydrogen-bond acceptors (Lipinski definition) is 2. The minimum absolute atomic E-state index is 0.0888. The van der Waals surface area contributed by atoms with Crippen molar-refractivity contribution in [1.82, 2.24) is 5.32 Å². The third-order valence-corrected chi connectivity index (χ3v) is 4.75. The molecule has 1 heterocycles. The Bertz CT molecular complexity index is 526. The van der Waals surface area contributed by atoms with Crippen LogP contribution in [-0.4, -0.2) is 24.5 Å². The molecule has 1 amide bonds. The van der Waals surface area contributed by atoms with Crippen molar-refractivity contribution < 1.29 is 9.18 Å². The molecule has 114 valence electrons. The fraction of sp³-hybridized carbons (Fsp3) is 0.588. The predicted octanol–water partition coefficient (Wildman–Crippen LogP) is 3.03. The zero-order chi connectivity index (χ0) is 14.8. The third-order valence-electron chi connectivity index (χ3n) is 4.75. The van der Waals surface area contributed by atoms with E-state index in [2.05, 4.69) is 17.1 Å². The predicted molar refractivity (Wildman–Crippen MR) is 81.9 cm³/mol. The highest BCUT2D eigenvalue weighted by atomic mass is 19.1. The number of carbonyl (C=O) groups excluding carboxylic acids is 1. The Morgan fingerprint density at radius 2 is 2.10 bits per heavy atom. The normalized spacial score (nSPS) is 22.2. The van der Waals surface area contributed by atoms with Gasteiger partial charge in [-0.1, -0.05) is 12.8 Å². The van der Waals surface area contributed by atoms with Crippen LogP contribution in [0.25, 0.3) is 0 Å². The molecule has 3 nitrogen and oxygen atoms in total. The molecule has 1 saturated carbocycles. The first-order valence-electron chi connectivity index (χ1n) is 7.98. The zero-order valence-corrected chi connectivity index (χ0v) is 12.6. The van der Waals surface area contributed by atoms with Crippen LogP contribution in [0.5, 0.6) is 0 Å². The number of amides is 1. The number of rotatable bonds is 3. The summed E-state index contributed by atoms with van der Waals surface area (Å²) in [6, 6.07) is 5.56. The van der Waals surface area contributed by atoms with Gasteiger partial charge < -0.3 is 10.2 Å². The van der Waals surface area contributed by atoms with Crippen LogP contribution in [0.1, 0.15) is 44.6 Å². The molecule has 1 aromatic carbocycles. The average Bonchev–Trinajstić information content (AvgIpc) is 2.95. The van der Waals surface area contributed by atoms with Gasteiger partial charge >= 0.3 is 0 Å². The maximum Gasteiger partial charge on any atom is 0.239 e. The van der Waals surface area contributed by atoms with Crippen molar-refractivity contribution in [2.45, 2.75) is 57.5 Å². The second kappa shape index (κ2) is 6.04. The van der Waals surface area contributed by atoms with Crippen molar-refractivity contribution in [3.8, 4) is 0 Å². The quantitative estimate of drug-likeness (QED) is 0.928. The third kappa shape index (κ3) is 3.20. The van der Waals surface area contributed by atoms with Crippen molar-refractivity contribution in [3.63, 3.8) is 0 Å². The van der Waals surface area contributed by atoms with Crippen molar-refractivity contribution in [3.05, 3.63) is 29.6 Å². The van der Waals surface area contributed by atoms with Crippen molar-refractivity contribution in [1.29, 1.82) is 0 Å². The van der Waals surface area contributed by atoms with Gasteiger partial charge in [0.2, 0.25) is 5.91 Å². The van der Waals surface area contributed by atoms with Crippen molar-refractivity contribution >= 4 is 11.6 Å². The first kappa shape index (κ1) is 14.4. The lowest BCUT2D eigenvalue weighted by Crippen LogP contribution is -2.46. The van der Waals surface area contributed by atoms with Gasteiger partial charge in [0.15, 0.2) is 0 Å². The molecule has 0 bridgehead atoms. The van der Waals surface area contributed by atoms with Gasteiger partial charge in [0.1, 0.15) is 5.82 Å². The summed E-state index contributed by atoms with van der Waals surface area (Å²) in [7, 11) is 0. The molecule has 1 aliphatic carbocycles. The Morgan fingerprint density at radius 3 is 2.86 bits per heavy atom. The number of nitrogens with zero attached hydrogens (tertiary/aromatic N) is 1. The van der Waals surface area contributed by atoms with Crippen LogP contribution in [0.3, 0.4) is 0 Å². The highest BCUT2D eigenvalue weighted by Gasteiger charge is 2.26. The fourth-order valence-corrected chi connectivity index (χ4v) is 3.53. The summed E-state index contributed by atoms with van der Waals surface area (Å²) in [4.78, 5) is 14.4. The molecule has 3 rings (SSSR count). The number of fused-ring (bicyclic) bond motifs is 1. The topological polar surface area (TPSA) is 32.3 Å². The molecule has 1 unspecified atom stereocenters. The molecule has 1 N–H and O–H groups in total. The molecule has 1 aromatic rings. The van der Waals surface area contributed by atoms with Crippen LogP contribution in [0.4, 0.5) is 10.1 Å². The lowest BCUT2D eigenvalue weighted by atomic mass is 9.96. The smallest absolute Gasteiger partial charge is 0.239 e. The van der Waals surface area contributed by atoms with Gasteiger partial charge in [0.25, 0.3) is 0 Å². The van der Waals surface area contributed by atoms with Gasteiger partial charge in [0.05, 0.1) is 6.54 Å². The number of carbonyl (C=O) groups is 1. The Balaban J connectivity index is 1.70. The number of anilines is 1. The summed E-state index contributed by atoms with van der Waals surface area (Å²) < 4.78 is 13.4. The monoisotopic (exact) mass is 290 g/mol. The van der Waals surface area contributed by atoms with Crippen LogP contribution in [0.2, 0.25) is 0 Å². The second-order valence-electron chi connectivity index (χ2n) is 6.34. The molecule has 1 atom stereocenters. The van der Waals surface area contributed by atoms with E-state index in [1.54, 1.807) is 6.07 Å². The lowest BCUT2D eigenvalue weighted by molar-refractivity contribution is -0.120. The van der Waals surface area contributed by atoms with Gasteiger partial charge in [-0.3, -0.25) is 4.79 Å². The van der Waals surface area contributed by atoms with E-state index < -0.39 is 0 Å². The minimum atomic E-state index is -0.196. The van der Waals surface area contributed by atoms with Gasteiger partial charge in [-0.05, 0) is 56.4 Å². The van der Waals surface area contributed by atoms with Gasteiger partial charge in [-0.15, -0.1) is 0 Å². The molecule has 1 fully saturated rings. The maximum absolute atomic E-state index is 13.4. The first-order chi connectivity index (χ1) is 10.1. The number of aryl methyl sites for hydroxylation is 1. The molecule has 2 aliphatic rings. The molecule has 21 heavy (non-hydrogen) atoms. The highest BCUT2D eigenvalue weighted by Crippen LogP contribution is 2.31. The summed E-state index contributed by atoms with van der Waals surface area (Å²) in [6.45, 7) is 2.51. The molecular weight excluding hydrogens is 267 g/mol. The van der Waals surface area contributed by atoms with E-state index in [4.69, 9.17) is 0 Å². The van der Waals surface area contributed by atoms with Crippen molar-refractivity contribution in [2.75, 3.05) is 11.4 Å². The van der Waals surface area contributed by atoms with E-state index in [-0.39, 0.29) is 11.7 Å². The summed E-state index contributed by atoms with van der Waals surface area (Å²) in [5, 5.41) is 3.13. The molecule has 0 spiro atoms. The number of halogens is 1. The van der Waals surface area contributed by atoms with E-state index in [1.165, 1.54) is 18.9 Å². The van der Waals surface area contributed by atoms with E-state index in [1.807, 2.05) is 6.07 Å². The zero-order valence-electron chi connectivity index (χ0n) is 12.6. The van der Waals surface area contributed by atoms with Gasteiger partial charge in [0, 0.05) is 17.8 Å². The lowest BCUT2D eigenvalue weighted by Gasteiger charge is -2.36. The van der Waals surface area contributed by atoms with Crippen LogP contribution in [-0.2, 0) is 11.2 Å². The SMILES string of the molecule is CC1CCc2cc(F)ccc2N1CC(=O)NC1CCCC1. The van der Waals surface area contributed by atoms with Crippen LogP contribution >= 0.6 is 0 Å². The number of hydrogen-bond donors (Lipinski definition) is 1. The summed E-state index contributed by atoms with van der Waals surface area (Å²) in [5.74, 6) is -0.107. The number of benzene rings is 1. The van der Waals surface area contributed by atoms with Crippen molar-refractivity contribution in [2.24, 2.45) is 0 Å². The highest BCUT2D eigenvalue weighted by molar-refractivity contribution is 5.82. The molecular formula is C17H23FN2O. The Kier molecular flexibility index (Phi) is 4.13. The first-order valence-corrected chi connectivity index (χ1v) is 7.98. The largest absolute Gasteiger partial charge is 0.359 e. The minimum Gasteiger partial charge on any atom is -0.359 e. The van der Waals surface area contributed by atoms with Crippen LogP contribution in [0.15, 0.2) is 18.2 Å². The summed E-state index contributed by atoms with van der Waals surface area (Å²) >= 11 is 0. The summed E-state index contributed by atoms with van der Waals surface area (Å²) in [6.07, 6.45) is 6.48. The standard InChI is InChI=1S/C17H23FN2O/c1-12-6-7-13-10-14(18)8-9-16(13)20(12)11-17(21)19-15-4-2-3-5-15/h8-10,12,15H,2-7,11H2,1H3,(H,19,21). The molecule has 0 radical (unpaired) electrons. The Hall–Kier alpha value is -1.58. The second-order valence-corrected chi connectivity index (χ2v) is 6.34. The van der Waals surface area contributed by atoms with E-state index >= 15 is 0 Å². The Morgan fingerprint density at radius 1 is 1.33 bits per heavy atom. The van der Waals surface area contributed by atoms with E-state index in [0.717, 1.165) is 36.9 Å². The van der Waals surface area contributed by atoms with E-state index in [0.29, 0.717) is 18.6 Å². The summed E-state index contributed by atoms with van der Waals surface area (Å²) in [5.41, 5.74) is 2.03. The molecule has 4 heteroatoms. The number of nitrogens with one attached hydrogen (secondary N) is 1. The van der Waals surface area contributed by atoms with E-state index in [9.17, 15) is 9.18 Å². The average molecular weight is 290 g/mol. The van der Waals surface area contributed by atoms with Gasteiger partial charge in [-0.25, -0.2) is 4.39 Å². The Labute approximate surface area is 125 Å². The van der Waals surface area contributed by atoms with Crippen LogP contribution in [0, 0.1) is 5.82 Å². The fourth-order valence-electron chi connectivity index (χ4n) is 3.53. The maximum atomic E-state index is 13.4. The van der Waals surface area contributed by atoms with Crippen LogP contribution < -0.4 is 10.2 Å².